The Morgan fingerprint density at radius 1 is 0.943 bits per heavy atom. The highest BCUT2D eigenvalue weighted by molar-refractivity contribution is 5.91. The SMILES string of the molecule is CCC1O[C@@H](Oc2cc3oc(-c4ccc(O)cc4)c(OC)c(=O)c3c(O)c2OC)C(O)[C@@H](O)[C@@H]1O. The molecule has 0 aliphatic carbocycles. The first-order valence-corrected chi connectivity index (χ1v) is 10.8. The highest BCUT2D eigenvalue weighted by Crippen LogP contribution is 2.45. The normalized spacial score (nSPS) is 24.3. The molecule has 0 radical (unpaired) electrons. The highest BCUT2D eigenvalue weighted by Gasteiger charge is 2.44. The number of rotatable bonds is 6. The Bertz CT molecular complexity index is 1270. The van der Waals surface area contributed by atoms with Gasteiger partial charge in [0.25, 0.3) is 0 Å². The third-order valence-corrected chi connectivity index (χ3v) is 5.89. The molecule has 1 aromatic heterocycles. The lowest BCUT2D eigenvalue weighted by molar-refractivity contribution is -0.272. The number of aromatic hydroxyl groups is 2. The van der Waals surface area contributed by atoms with Crippen LogP contribution in [0.2, 0.25) is 0 Å². The molecule has 35 heavy (non-hydrogen) atoms. The van der Waals surface area contributed by atoms with Gasteiger partial charge >= 0.3 is 0 Å². The van der Waals surface area contributed by atoms with E-state index in [0.29, 0.717) is 12.0 Å². The number of aliphatic hydroxyl groups excluding tert-OH is 3. The van der Waals surface area contributed by atoms with Gasteiger partial charge in [0.05, 0.1) is 20.3 Å². The zero-order valence-electron chi connectivity index (χ0n) is 19.2. The maximum atomic E-state index is 13.2. The van der Waals surface area contributed by atoms with Crippen molar-refractivity contribution in [3.63, 3.8) is 0 Å². The van der Waals surface area contributed by atoms with Crippen LogP contribution in [0.1, 0.15) is 13.3 Å². The molecule has 2 heterocycles. The molecule has 5 N–H and O–H groups in total. The summed E-state index contributed by atoms with van der Waals surface area (Å²) in [7, 11) is 2.52. The highest BCUT2D eigenvalue weighted by atomic mass is 16.7. The number of phenols is 2. The molecule has 3 aromatic rings. The summed E-state index contributed by atoms with van der Waals surface area (Å²) in [6, 6.07) is 7.13. The molecule has 0 bridgehead atoms. The first-order chi connectivity index (χ1) is 16.7. The summed E-state index contributed by atoms with van der Waals surface area (Å²) in [5, 5.41) is 50.9. The third kappa shape index (κ3) is 4.23. The molecule has 1 aliphatic heterocycles. The molecule has 2 aromatic carbocycles. The summed E-state index contributed by atoms with van der Waals surface area (Å²) in [4.78, 5) is 13.2. The third-order valence-electron chi connectivity index (χ3n) is 5.89. The van der Waals surface area contributed by atoms with Crippen LogP contribution >= 0.6 is 0 Å². The van der Waals surface area contributed by atoms with E-state index in [2.05, 4.69) is 0 Å². The van der Waals surface area contributed by atoms with Crippen LogP contribution in [-0.2, 0) is 4.74 Å². The van der Waals surface area contributed by atoms with Crippen LogP contribution in [0.4, 0.5) is 0 Å². The van der Waals surface area contributed by atoms with Crippen LogP contribution < -0.4 is 19.6 Å². The van der Waals surface area contributed by atoms with Gasteiger partial charge in [0.15, 0.2) is 17.3 Å². The zero-order valence-corrected chi connectivity index (χ0v) is 19.2. The van der Waals surface area contributed by atoms with Crippen molar-refractivity contribution in [2.75, 3.05) is 14.2 Å². The second-order valence-corrected chi connectivity index (χ2v) is 8.01. The van der Waals surface area contributed by atoms with E-state index >= 15 is 0 Å². The molecule has 11 nitrogen and oxygen atoms in total. The van der Waals surface area contributed by atoms with Crippen molar-refractivity contribution in [3.8, 4) is 40.1 Å². The van der Waals surface area contributed by atoms with Gasteiger partial charge in [0.1, 0.15) is 35.0 Å². The van der Waals surface area contributed by atoms with Gasteiger partial charge in [-0.3, -0.25) is 4.79 Å². The summed E-state index contributed by atoms with van der Waals surface area (Å²) in [6.07, 6.45) is -6.39. The number of hydrogen-bond acceptors (Lipinski definition) is 11. The fourth-order valence-corrected chi connectivity index (χ4v) is 4.03. The van der Waals surface area contributed by atoms with Crippen molar-refractivity contribution in [2.45, 2.75) is 44.1 Å². The van der Waals surface area contributed by atoms with Gasteiger partial charge in [0, 0.05) is 11.6 Å². The van der Waals surface area contributed by atoms with Crippen molar-refractivity contribution in [3.05, 3.63) is 40.6 Å². The largest absolute Gasteiger partial charge is 0.508 e. The molecule has 5 atom stereocenters. The minimum absolute atomic E-state index is 0.0117. The van der Waals surface area contributed by atoms with Crippen LogP contribution in [-0.4, -0.2) is 70.5 Å². The summed E-state index contributed by atoms with van der Waals surface area (Å²) in [5.74, 6) is -1.11. The molecule has 1 aliphatic rings. The van der Waals surface area contributed by atoms with Gasteiger partial charge in [-0.2, -0.15) is 0 Å². The predicted octanol–water partition coefficient (Wildman–Crippen LogP) is 1.48. The topological polar surface area (TPSA) is 168 Å². The fraction of sp³-hybridized carbons (Fsp3) is 0.375. The van der Waals surface area contributed by atoms with Gasteiger partial charge in [-0.25, -0.2) is 0 Å². The van der Waals surface area contributed by atoms with Gasteiger partial charge < -0.3 is 48.9 Å². The summed E-state index contributed by atoms with van der Waals surface area (Å²) < 4.78 is 27.7. The lowest BCUT2D eigenvalue weighted by atomic mass is 9.97. The monoisotopic (exact) mass is 490 g/mol. The molecule has 0 saturated carbocycles. The molecule has 2 unspecified atom stereocenters. The van der Waals surface area contributed by atoms with E-state index in [1.54, 1.807) is 6.92 Å². The number of methoxy groups -OCH3 is 2. The Morgan fingerprint density at radius 3 is 2.20 bits per heavy atom. The number of fused-ring (bicyclic) bond motifs is 1. The summed E-state index contributed by atoms with van der Waals surface area (Å²) in [5.41, 5.74) is -0.354. The molecule has 4 rings (SSSR count). The van der Waals surface area contributed by atoms with Crippen LogP contribution in [0.25, 0.3) is 22.3 Å². The van der Waals surface area contributed by atoms with Gasteiger partial charge in [0.2, 0.25) is 23.2 Å². The molecule has 0 amide bonds. The Labute approximate surface area is 199 Å². The van der Waals surface area contributed by atoms with Gasteiger partial charge in [-0.15, -0.1) is 0 Å². The number of phenolic OH excluding ortho intramolecular Hbond substituents is 2. The van der Waals surface area contributed by atoms with E-state index in [1.807, 2.05) is 0 Å². The molecule has 11 heteroatoms. The molecule has 188 valence electrons. The molecule has 1 fully saturated rings. The minimum atomic E-state index is -1.62. The molecular formula is C24H26O11. The average molecular weight is 490 g/mol. The maximum absolute atomic E-state index is 13.2. The minimum Gasteiger partial charge on any atom is -0.508 e. The van der Waals surface area contributed by atoms with Crippen molar-refractivity contribution in [2.24, 2.45) is 0 Å². The molecule has 0 spiro atoms. The number of benzene rings is 2. The van der Waals surface area contributed by atoms with Crippen LogP contribution in [0, 0.1) is 0 Å². The standard InChI is InChI=1S/C24H26O11/c1-4-12-16(26)19(29)20(30)24(34-12)35-14-9-13-15(17(27)22(14)31-2)18(28)23(32-3)21(33-13)10-5-7-11(25)8-6-10/h5-9,12,16,19-20,24-27,29-30H,4H2,1-3H3/t12?,16-,19+,20?,24+/m1/s1. The Kier molecular flexibility index (Phi) is 6.77. The van der Waals surface area contributed by atoms with Crippen molar-refractivity contribution < 1.29 is 48.9 Å². The summed E-state index contributed by atoms with van der Waals surface area (Å²) >= 11 is 0. The number of aliphatic hydroxyl groups is 3. The Hall–Kier alpha value is -3.51. The summed E-state index contributed by atoms with van der Waals surface area (Å²) in [6.45, 7) is 1.73. The van der Waals surface area contributed by atoms with E-state index in [1.165, 1.54) is 44.6 Å². The first kappa shape index (κ1) is 24.6. The second-order valence-electron chi connectivity index (χ2n) is 8.01. The van der Waals surface area contributed by atoms with Crippen molar-refractivity contribution in [1.29, 1.82) is 0 Å². The zero-order chi connectivity index (χ0) is 25.4. The van der Waals surface area contributed by atoms with E-state index in [0.717, 1.165) is 0 Å². The van der Waals surface area contributed by atoms with E-state index in [-0.39, 0.29) is 39.7 Å². The van der Waals surface area contributed by atoms with Crippen LogP contribution in [0.5, 0.6) is 28.7 Å². The first-order valence-electron chi connectivity index (χ1n) is 10.8. The fourth-order valence-electron chi connectivity index (χ4n) is 4.03. The van der Waals surface area contributed by atoms with E-state index in [4.69, 9.17) is 23.4 Å². The number of hydrogen-bond donors (Lipinski definition) is 5. The number of ether oxygens (including phenoxy) is 4. The van der Waals surface area contributed by atoms with Crippen LogP contribution in [0.15, 0.2) is 39.5 Å². The maximum Gasteiger partial charge on any atom is 0.239 e. The van der Waals surface area contributed by atoms with Gasteiger partial charge in [-0.05, 0) is 30.7 Å². The Balaban J connectivity index is 1.86. The quantitative estimate of drug-likeness (QED) is 0.339. The lowest BCUT2D eigenvalue weighted by Gasteiger charge is -2.40. The van der Waals surface area contributed by atoms with E-state index in [9.17, 15) is 30.3 Å². The van der Waals surface area contributed by atoms with Gasteiger partial charge in [-0.1, -0.05) is 6.92 Å². The Morgan fingerprint density at radius 2 is 1.60 bits per heavy atom. The molecular weight excluding hydrogens is 464 g/mol. The lowest BCUT2D eigenvalue weighted by Crippen LogP contribution is -2.58. The molecule has 1 saturated heterocycles. The predicted molar refractivity (Wildman–Crippen MR) is 122 cm³/mol. The van der Waals surface area contributed by atoms with Crippen molar-refractivity contribution >= 4 is 11.0 Å². The van der Waals surface area contributed by atoms with Crippen molar-refractivity contribution in [1.82, 2.24) is 0 Å². The van der Waals surface area contributed by atoms with Crippen LogP contribution in [0.3, 0.4) is 0 Å². The second kappa shape index (κ2) is 9.62. The average Bonchev–Trinajstić information content (AvgIpc) is 2.84. The smallest absolute Gasteiger partial charge is 0.239 e. The van der Waals surface area contributed by atoms with E-state index < -0.39 is 41.9 Å².